The summed E-state index contributed by atoms with van der Waals surface area (Å²) in [5.41, 5.74) is 1.45. The van der Waals surface area contributed by atoms with Crippen molar-refractivity contribution in [3.8, 4) is 11.3 Å². The summed E-state index contributed by atoms with van der Waals surface area (Å²) in [4.78, 5) is 28.1. The van der Waals surface area contributed by atoms with Crippen LogP contribution in [0.5, 0.6) is 0 Å². The number of furan rings is 1. The Morgan fingerprint density at radius 1 is 1.21 bits per heavy atom. The molecular weight excluding hydrogens is 308 g/mol. The van der Waals surface area contributed by atoms with E-state index >= 15 is 0 Å². The minimum atomic E-state index is -0.281. The number of piperazine rings is 1. The van der Waals surface area contributed by atoms with Crippen LogP contribution in [0, 0.1) is 6.92 Å². The zero-order valence-corrected chi connectivity index (χ0v) is 13.4. The van der Waals surface area contributed by atoms with Gasteiger partial charge in [0, 0.05) is 25.2 Å². The average Bonchev–Trinajstić information content (AvgIpc) is 3.18. The molecule has 0 spiro atoms. The first kappa shape index (κ1) is 14.8. The van der Waals surface area contributed by atoms with Crippen LogP contribution in [0.15, 0.2) is 40.8 Å². The van der Waals surface area contributed by atoms with Crippen molar-refractivity contribution in [2.45, 2.75) is 13.0 Å². The first-order chi connectivity index (χ1) is 11.6. The van der Waals surface area contributed by atoms with Gasteiger partial charge in [-0.3, -0.25) is 9.69 Å². The van der Waals surface area contributed by atoms with E-state index in [1.54, 1.807) is 15.9 Å². The van der Waals surface area contributed by atoms with Crippen LogP contribution in [-0.2, 0) is 4.74 Å². The van der Waals surface area contributed by atoms with E-state index in [2.05, 4.69) is 0 Å². The van der Waals surface area contributed by atoms with Gasteiger partial charge >= 0.3 is 6.09 Å². The molecule has 2 aromatic rings. The van der Waals surface area contributed by atoms with Crippen LogP contribution < -0.4 is 0 Å². The predicted octanol–water partition coefficient (Wildman–Crippen LogP) is 2.53. The van der Waals surface area contributed by atoms with E-state index in [1.165, 1.54) is 0 Å². The van der Waals surface area contributed by atoms with Crippen molar-refractivity contribution in [1.29, 1.82) is 0 Å². The largest absolute Gasteiger partial charge is 0.461 e. The highest BCUT2D eigenvalue weighted by molar-refractivity contribution is 6.00. The van der Waals surface area contributed by atoms with Crippen molar-refractivity contribution >= 4 is 12.0 Å². The second-order valence-corrected chi connectivity index (χ2v) is 6.14. The van der Waals surface area contributed by atoms with Gasteiger partial charge in [0.1, 0.15) is 18.1 Å². The average molecular weight is 326 g/mol. The van der Waals surface area contributed by atoms with E-state index in [0.29, 0.717) is 43.3 Å². The molecule has 0 bridgehead atoms. The van der Waals surface area contributed by atoms with E-state index in [9.17, 15) is 9.59 Å². The standard InChI is InChI=1S/C18H18N2O4/c1-12-9-15(16(24-12)13-5-3-2-4-6-13)17(21)19-7-8-20-14(10-19)11-23-18(20)22/h2-6,9,14H,7-8,10-11H2,1H3/t14-/m1/s1. The molecule has 1 atom stereocenters. The van der Waals surface area contributed by atoms with Gasteiger partial charge in [-0.25, -0.2) is 4.79 Å². The Hall–Kier alpha value is -2.76. The van der Waals surface area contributed by atoms with Crippen LogP contribution >= 0.6 is 0 Å². The summed E-state index contributed by atoms with van der Waals surface area (Å²) in [5, 5.41) is 0. The molecule has 0 radical (unpaired) electrons. The second kappa shape index (κ2) is 5.70. The number of aryl methyl sites for hydroxylation is 1. The number of carbonyl (C=O) groups excluding carboxylic acids is 2. The van der Waals surface area contributed by atoms with Gasteiger partial charge in [-0.2, -0.15) is 0 Å². The Morgan fingerprint density at radius 3 is 2.79 bits per heavy atom. The minimum absolute atomic E-state index is 0.0524. The summed E-state index contributed by atoms with van der Waals surface area (Å²) in [6, 6.07) is 11.4. The van der Waals surface area contributed by atoms with E-state index in [1.807, 2.05) is 37.3 Å². The van der Waals surface area contributed by atoms with E-state index in [4.69, 9.17) is 9.15 Å². The van der Waals surface area contributed by atoms with Gasteiger partial charge in [-0.1, -0.05) is 30.3 Å². The van der Waals surface area contributed by atoms with Crippen molar-refractivity contribution in [2.75, 3.05) is 26.2 Å². The first-order valence-corrected chi connectivity index (χ1v) is 8.02. The fourth-order valence-electron chi connectivity index (χ4n) is 3.32. The van der Waals surface area contributed by atoms with Gasteiger partial charge in [0.2, 0.25) is 0 Å². The minimum Gasteiger partial charge on any atom is -0.461 e. The van der Waals surface area contributed by atoms with Crippen molar-refractivity contribution in [2.24, 2.45) is 0 Å². The molecule has 2 fully saturated rings. The molecular formula is C18H18N2O4. The number of rotatable bonds is 2. The van der Waals surface area contributed by atoms with Crippen LogP contribution in [0.1, 0.15) is 16.1 Å². The van der Waals surface area contributed by atoms with Crippen LogP contribution in [-0.4, -0.2) is 54.1 Å². The second-order valence-electron chi connectivity index (χ2n) is 6.14. The lowest BCUT2D eigenvalue weighted by Crippen LogP contribution is -2.53. The molecule has 3 heterocycles. The fraction of sp³-hybridized carbons (Fsp3) is 0.333. The van der Waals surface area contributed by atoms with Gasteiger partial charge in [0.25, 0.3) is 5.91 Å². The van der Waals surface area contributed by atoms with Gasteiger partial charge in [0.15, 0.2) is 0 Å². The number of hydrogen-bond acceptors (Lipinski definition) is 4. The summed E-state index contributed by atoms with van der Waals surface area (Å²) in [7, 11) is 0. The van der Waals surface area contributed by atoms with Gasteiger partial charge in [-0.15, -0.1) is 0 Å². The van der Waals surface area contributed by atoms with E-state index < -0.39 is 0 Å². The molecule has 1 aromatic carbocycles. The van der Waals surface area contributed by atoms with Crippen molar-refractivity contribution in [3.05, 3.63) is 47.7 Å². The van der Waals surface area contributed by atoms with Crippen molar-refractivity contribution in [3.63, 3.8) is 0 Å². The third-order valence-corrected chi connectivity index (χ3v) is 4.53. The highest BCUT2D eigenvalue weighted by Gasteiger charge is 2.39. The summed E-state index contributed by atoms with van der Waals surface area (Å²) < 4.78 is 10.8. The molecule has 0 aliphatic carbocycles. The summed E-state index contributed by atoms with van der Waals surface area (Å²) in [6.07, 6.45) is -0.281. The maximum atomic E-state index is 13.0. The molecule has 6 heteroatoms. The lowest BCUT2D eigenvalue weighted by atomic mass is 10.1. The molecule has 24 heavy (non-hydrogen) atoms. The summed E-state index contributed by atoms with van der Waals surface area (Å²) in [6.45, 7) is 3.68. The van der Waals surface area contributed by atoms with E-state index in [0.717, 1.165) is 5.56 Å². The third kappa shape index (κ3) is 2.44. The van der Waals surface area contributed by atoms with Crippen LogP contribution in [0.25, 0.3) is 11.3 Å². The van der Waals surface area contributed by atoms with Crippen molar-refractivity contribution < 1.29 is 18.7 Å². The SMILES string of the molecule is Cc1cc(C(=O)N2CCN3C(=O)OC[C@H]3C2)c(-c2ccccc2)o1. The molecule has 2 saturated heterocycles. The molecule has 2 aliphatic heterocycles. The maximum Gasteiger partial charge on any atom is 0.410 e. The molecule has 1 aromatic heterocycles. The predicted molar refractivity (Wildman–Crippen MR) is 86.6 cm³/mol. The molecule has 0 N–H and O–H groups in total. The Labute approximate surface area is 139 Å². The molecule has 4 rings (SSSR count). The highest BCUT2D eigenvalue weighted by Crippen LogP contribution is 2.29. The van der Waals surface area contributed by atoms with E-state index in [-0.39, 0.29) is 18.0 Å². The van der Waals surface area contributed by atoms with Crippen molar-refractivity contribution in [1.82, 2.24) is 9.80 Å². The number of benzene rings is 1. The van der Waals surface area contributed by atoms with Crippen LogP contribution in [0.2, 0.25) is 0 Å². The molecule has 2 amide bonds. The Morgan fingerprint density at radius 2 is 2.00 bits per heavy atom. The number of ether oxygens (including phenoxy) is 1. The summed E-state index contributed by atoms with van der Waals surface area (Å²) in [5.74, 6) is 1.24. The Kier molecular flexibility index (Phi) is 3.52. The first-order valence-electron chi connectivity index (χ1n) is 8.02. The molecule has 2 aliphatic rings. The quantitative estimate of drug-likeness (QED) is 0.851. The maximum absolute atomic E-state index is 13.0. The highest BCUT2D eigenvalue weighted by atomic mass is 16.6. The van der Waals surface area contributed by atoms with Gasteiger partial charge in [-0.05, 0) is 13.0 Å². The molecule has 0 unspecified atom stereocenters. The Balaban J connectivity index is 1.61. The van der Waals surface area contributed by atoms with Crippen LogP contribution in [0.3, 0.4) is 0 Å². The molecule has 0 saturated carbocycles. The third-order valence-electron chi connectivity index (χ3n) is 4.53. The number of amides is 2. The Bertz CT molecular complexity index is 784. The monoisotopic (exact) mass is 326 g/mol. The molecule has 124 valence electrons. The fourth-order valence-corrected chi connectivity index (χ4v) is 3.32. The lowest BCUT2D eigenvalue weighted by molar-refractivity contribution is 0.0617. The molecule has 6 nitrogen and oxygen atoms in total. The van der Waals surface area contributed by atoms with Crippen LogP contribution in [0.4, 0.5) is 4.79 Å². The zero-order valence-electron chi connectivity index (χ0n) is 13.4. The van der Waals surface area contributed by atoms with Gasteiger partial charge in [0.05, 0.1) is 11.6 Å². The number of cyclic esters (lactones) is 1. The smallest absolute Gasteiger partial charge is 0.410 e. The van der Waals surface area contributed by atoms with Gasteiger partial charge < -0.3 is 14.1 Å². The number of fused-ring (bicyclic) bond motifs is 1. The number of hydrogen-bond donors (Lipinski definition) is 0. The number of carbonyl (C=O) groups is 2. The number of nitrogens with zero attached hydrogens (tertiary/aromatic N) is 2. The topological polar surface area (TPSA) is 63.0 Å². The summed E-state index contributed by atoms with van der Waals surface area (Å²) >= 11 is 0. The lowest BCUT2D eigenvalue weighted by Gasteiger charge is -2.35. The zero-order chi connectivity index (χ0) is 16.7. The normalized spacial score (nSPS) is 20.0.